The average Bonchev–Trinajstić information content (AvgIpc) is 1.98. The zero-order valence-corrected chi connectivity index (χ0v) is 7.78. The minimum absolute atomic E-state index is 0.161. The molecule has 0 heterocycles. The number of hydrogen-bond donors (Lipinski definition) is 2. The van der Waals surface area contributed by atoms with Crippen molar-refractivity contribution in [2.24, 2.45) is 11.3 Å². The van der Waals surface area contributed by atoms with Crippen LogP contribution >= 0.6 is 0 Å². The molecular formula is C9H14O4. The zero-order valence-electron chi connectivity index (χ0n) is 7.78. The molecule has 0 saturated heterocycles. The van der Waals surface area contributed by atoms with Crippen LogP contribution in [0.25, 0.3) is 0 Å². The maximum atomic E-state index is 10.7. The summed E-state index contributed by atoms with van der Waals surface area (Å²) >= 11 is 0. The molecule has 0 radical (unpaired) electrons. The Balaban J connectivity index is 4.81. The third-order valence-corrected chi connectivity index (χ3v) is 2.12. The number of allylic oxidation sites excluding steroid dienone is 1. The number of rotatable bonds is 5. The van der Waals surface area contributed by atoms with E-state index < -0.39 is 23.3 Å². The van der Waals surface area contributed by atoms with Crippen molar-refractivity contribution in [1.29, 1.82) is 0 Å². The van der Waals surface area contributed by atoms with E-state index in [0.29, 0.717) is 0 Å². The molecular weight excluding hydrogens is 172 g/mol. The predicted molar refractivity (Wildman–Crippen MR) is 47.4 cm³/mol. The van der Waals surface area contributed by atoms with E-state index in [2.05, 4.69) is 6.58 Å². The molecule has 0 aromatic rings. The van der Waals surface area contributed by atoms with Crippen molar-refractivity contribution in [1.82, 2.24) is 0 Å². The van der Waals surface area contributed by atoms with Crippen molar-refractivity contribution in [2.75, 3.05) is 0 Å². The van der Waals surface area contributed by atoms with Crippen molar-refractivity contribution >= 4 is 11.9 Å². The third-order valence-electron chi connectivity index (χ3n) is 2.12. The van der Waals surface area contributed by atoms with Crippen LogP contribution in [0.5, 0.6) is 0 Å². The first-order valence-corrected chi connectivity index (χ1v) is 3.91. The van der Waals surface area contributed by atoms with Gasteiger partial charge in [-0.15, -0.1) is 6.58 Å². The van der Waals surface area contributed by atoms with Gasteiger partial charge in [-0.25, -0.2) is 0 Å². The minimum Gasteiger partial charge on any atom is -0.481 e. The Bertz CT molecular complexity index is 230. The van der Waals surface area contributed by atoms with Crippen LogP contribution in [0.4, 0.5) is 0 Å². The SMILES string of the molecule is C=CCC(C(=O)O)C(C)(C)C(=O)O. The Morgan fingerprint density at radius 2 is 1.92 bits per heavy atom. The third kappa shape index (κ3) is 2.57. The van der Waals surface area contributed by atoms with Gasteiger partial charge in [0.1, 0.15) is 0 Å². The maximum absolute atomic E-state index is 10.7. The highest BCUT2D eigenvalue weighted by atomic mass is 16.4. The average molecular weight is 186 g/mol. The molecule has 0 fully saturated rings. The van der Waals surface area contributed by atoms with Crippen LogP contribution in [0, 0.1) is 11.3 Å². The summed E-state index contributed by atoms with van der Waals surface area (Å²) < 4.78 is 0. The van der Waals surface area contributed by atoms with Gasteiger partial charge in [-0.3, -0.25) is 9.59 Å². The van der Waals surface area contributed by atoms with E-state index in [9.17, 15) is 9.59 Å². The van der Waals surface area contributed by atoms with Gasteiger partial charge in [-0.2, -0.15) is 0 Å². The summed E-state index contributed by atoms with van der Waals surface area (Å²) in [5.74, 6) is -3.14. The molecule has 2 N–H and O–H groups in total. The topological polar surface area (TPSA) is 74.6 Å². The summed E-state index contributed by atoms with van der Waals surface area (Å²) in [6, 6.07) is 0. The molecule has 1 unspecified atom stereocenters. The van der Waals surface area contributed by atoms with Crippen LogP contribution in [0.2, 0.25) is 0 Å². The van der Waals surface area contributed by atoms with Gasteiger partial charge in [0, 0.05) is 0 Å². The van der Waals surface area contributed by atoms with Gasteiger partial charge in [-0.1, -0.05) is 6.08 Å². The number of aliphatic carboxylic acids is 2. The molecule has 1 atom stereocenters. The van der Waals surface area contributed by atoms with Crippen molar-refractivity contribution in [3.63, 3.8) is 0 Å². The predicted octanol–water partition coefficient (Wildman–Crippen LogP) is 1.37. The van der Waals surface area contributed by atoms with Crippen molar-refractivity contribution in [3.8, 4) is 0 Å². The fourth-order valence-corrected chi connectivity index (χ4v) is 1.02. The Morgan fingerprint density at radius 1 is 1.46 bits per heavy atom. The summed E-state index contributed by atoms with van der Waals surface area (Å²) in [6.07, 6.45) is 1.58. The Kier molecular flexibility index (Phi) is 3.66. The van der Waals surface area contributed by atoms with E-state index in [0.717, 1.165) is 0 Å². The molecule has 0 amide bonds. The molecule has 0 aliphatic heterocycles. The molecule has 0 aromatic carbocycles. The molecule has 0 rings (SSSR count). The number of carboxylic acid groups (broad SMARTS) is 2. The summed E-state index contributed by atoms with van der Waals surface area (Å²) in [6.45, 7) is 6.20. The standard InChI is InChI=1S/C9H14O4/c1-4-5-6(7(10)11)9(2,3)8(12)13/h4,6H,1,5H2,2-3H3,(H,10,11)(H,12,13). The lowest BCUT2D eigenvalue weighted by Gasteiger charge is -2.25. The largest absolute Gasteiger partial charge is 0.481 e. The minimum atomic E-state index is -1.26. The molecule has 0 saturated carbocycles. The van der Waals surface area contributed by atoms with Crippen molar-refractivity contribution in [3.05, 3.63) is 12.7 Å². The summed E-state index contributed by atoms with van der Waals surface area (Å²) in [5.41, 5.74) is -1.26. The molecule has 0 bridgehead atoms. The maximum Gasteiger partial charge on any atom is 0.309 e. The first kappa shape index (κ1) is 11.7. The van der Waals surface area contributed by atoms with Gasteiger partial charge in [0.15, 0.2) is 0 Å². The highest BCUT2D eigenvalue weighted by molar-refractivity contribution is 5.82. The second-order valence-corrected chi connectivity index (χ2v) is 3.44. The highest BCUT2D eigenvalue weighted by Crippen LogP contribution is 2.30. The van der Waals surface area contributed by atoms with E-state index in [1.807, 2.05) is 0 Å². The van der Waals surface area contributed by atoms with E-state index in [4.69, 9.17) is 10.2 Å². The van der Waals surface area contributed by atoms with Gasteiger partial charge in [0.2, 0.25) is 0 Å². The fourth-order valence-electron chi connectivity index (χ4n) is 1.02. The normalized spacial score (nSPS) is 13.4. The molecule has 0 aliphatic rings. The Hall–Kier alpha value is -1.32. The van der Waals surface area contributed by atoms with Crippen molar-refractivity contribution in [2.45, 2.75) is 20.3 Å². The summed E-state index contributed by atoms with van der Waals surface area (Å²) in [5, 5.41) is 17.6. The van der Waals surface area contributed by atoms with Crippen LogP contribution in [0.15, 0.2) is 12.7 Å². The zero-order chi connectivity index (χ0) is 10.6. The first-order chi connectivity index (χ1) is 5.84. The monoisotopic (exact) mass is 186 g/mol. The second-order valence-electron chi connectivity index (χ2n) is 3.44. The van der Waals surface area contributed by atoms with Gasteiger partial charge < -0.3 is 10.2 Å². The lowest BCUT2D eigenvalue weighted by Crippen LogP contribution is -2.37. The number of hydrogen-bond acceptors (Lipinski definition) is 2. The molecule has 0 spiro atoms. The van der Waals surface area contributed by atoms with Crippen LogP contribution < -0.4 is 0 Å². The molecule has 4 heteroatoms. The van der Waals surface area contributed by atoms with E-state index in [1.165, 1.54) is 19.9 Å². The van der Waals surface area contributed by atoms with Crippen molar-refractivity contribution < 1.29 is 19.8 Å². The smallest absolute Gasteiger partial charge is 0.309 e. The second kappa shape index (κ2) is 4.07. The quantitative estimate of drug-likeness (QED) is 0.636. The van der Waals surface area contributed by atoms with E-state index >= 15 is 0 Å². The molecule has 74 valence electrons. The molecule has 4 nitrogen and oxygen atoms in total. The lowest BCUT2D eigenvalue weighted by molar-refractivity contribution is -0.159. The summed E-state index contributed by atoms with van der Waals surface area (Å²) in [4.78, 5) is 21.5. The van der Waals surface area contributed by atoms with E-state index in [1.54, 1.807) is 0 Å². The van der Waals surface area contributed by atoms with Crippen LogP contribution in [-0.4, -0.2) is 22.2 Å². The lowest BCUT2D eigenvalue weighted by atomic mass is 9.77. The number of carbonyl (C=O) groups is 2. The Morgan fingerprint density at radius 3 is 2.15 bits per heavy atom. The summed E-state index contributed by atoms with van der Waals surface area (Å²) in [7, 11) is 0. The fraction of sp³-hybridized carbons (Fsp3) is 0.556. The van der Waals surface area contributed by atoms with E-state index in [-0.39, 0.29) is 6.42 Å². The highest BCUT2D eigenvalue weighted by Gasteiger charge is 2.40. The first-order valence-electron chi connectivity index (χ1n) is 3.91. The molecule has 0 aromatic heterocycles. The van der Waals surface area contributed by atoms with Crippen LogP contribution in [-0.2, 0) is 9.59 Å². The van der Waals surface area contributed by atoms with Gasteiger partial charge in [-0.05, 0) is 20.3 Å². The molecule has 13 heavy (non-hydrogen) atoms. The molecule has 0 aliphatic carbocycles. The van der Waals surface area contributed by atoms with Gasteiger partial charge >= 0.3 is 11.9 Å². The number of carboxylic acids is 2. The Labute approximate surface area is 76.9 Å². The van der Waals surface area contributed by atoms with Crippen LogP contribution in [0.1, 0.15) is 20.3 Å². The van der Waals surface area contributed by atoms with Gasteiger partial charge in [0.25, 0.3) is 0 Å². The van der Waals surface area contributed by atoms with Gasteiger partial charge in [0.05, 0.1) is 11.3 Å². The van der Waals surface area contributed by atoms with Crippen LogP contribution in [0.3, 0.4) is 0 Å².